The average molecular weight is 249 g/mol. The molecule has 0 radical (unpaired) electrons. The van der Waals surface area contributed by atoms with Crippen LogP contribution in [0.4, 0.5) is 0 Å². The zero-order valence-electron chi connectivity index (χ0n) is 8.00. The van der Waals surface area contributed by atoms with Crippen LogP contribution in [0.25, 0.3) is 0 Å². The molecular weight excluding hydrogens is 239 g/mol. The molecule has 82 valence electrons. The first kappa shape index (κ1) is 12.3. The fraction of sp³-hybridized carbons (Fsp3) is 0.300. The first-order valence-corrected chi connectivity index (χ1v) is 4.97. The molecule has 0 aromatic heterocycles. The first-order valence-electron chi connectivity index (χ1n) is 4.21. The van der Waals surface area contributed by atoms with Gasteiger partial charge in [-0.15, -0.1) is 0 Å². The lowest BCUT2D eigenvalue weighted by Crippen LogP contribution is -2.36. The van der Waals surface area contributed by atoms with Crippen LogP contribution >= 0.6 is 23.2 Å². The molecule has 5 heteroatoms. The fourth-order valence-electron chi connectivity index (χ4n) is 1.12. The first-order chi connectivity index (χ1) is 6.91. The van der Waals surface area contributed by atoms with Crippen molar-refractivity contribution in [2.24, 2.45) is 0 Å². The van der Waals surface area contributed by atoms with Gasteiger partial charge >= 0.3 is 5.97 Å². The molecule has 2 N–H and O–H groups in total. The number of hydrogen-bond acceptors (Lipinski definition) is 2. The van der Waals surface area contributed by atoms with E-state index in [0.29, 0.717) is 10.6 Å². The molecule has 0 heterocycles. The number of carboxylic acids is 1. The molecule has 0 bridgehead atoms. The molecule has 1 rings (SSSR count). The maximum absolute atomic E-state index is 11.0. The van der Waals surface area contributed by atoms with E-state index < -0.39 is 18.0 Å². The molecule has 15 heavy (non-hydrogen) atoms. The van der Waals surface area contributed by atoms with Crippen LogP contribution < -0.4 is 0 Å². The Balaban J connectivity index is 3.25. The zero-order chi connectivity index (χ0) is 11.6. The monoisotopic (exact) mass is 248 g/mol. The standard InChI is InChI=1S/C10H10Cl2O3/c1-10(5-13,9(14)15)6-2-3-7(11)8(12)4-6/h2-4,13H,5H2,1H3,(H,14,15). The lowest BCUT2D eigenvalue weighted by atomic mass is 9.83. The van der Waals surface area contributed by atoms with Gasteiger partial charge in [0.15, 0.2) is 0 Å². The van der Waals surface area contributed by atoms with Crippen molar-refractivity contribution in [1.82, 2.24) is 0 Å². The van der Waals surface area contributed by atoms with Crippen molar-refractivity contribution in [3.05, 3.63) is 33.8 Å². The molecule has 1 aromatic rings. The molecule has 0 saturated carbocycles. The number of aliphatic carboxylic acids is 1. The molecule has 1 atom stereocenters. The Kier molecular flexibility index (Phi) is 3.60. The van der Waals surface area contributed by atoms with E-state index in [4.69, 9.17) is 33.4 Å². The molecule has 0 spiro atoms. The summed E-state index contributed by atoms with van der Waals surface area (Å²) in [5.41, 5.74) is -0.930. The highest BCUT2D eigenvalue weighted by Crippen LogP contribution is 2.30. The van der Waals surface area contributed by atoms with E-state index >= 15 is 0 Å². The smallest absolute Gasteiger partial charge is 0.316 e. The molecule has 3 nitrogen and oxygen atoms in total. The van der Waals surface area contributed by atoms with E-state index in [-0.39, 0.29) is 5.02 Å². The van der Waals surface area contributed by atoms with Gasteiger partial charge in [-0.3, -0.25) is 4.79 Å². The fourth-order valence-corrected chi connectivity index (χ4v) is 1.42. The minimum absolute atomic E-state index is 0.273. The van der Waals surface area contributed by atoms with E-state index in [1.54, 1.807) is 6.07 Å². The summed E-state index contributed by atoms with van der Waals surface area (Å²) in [5.74, 6) is -1.11. The Morgan fingerprint density at radius 1 is 1.40 bits per heavy atom. The summed E-state index contributed by atoms with van der Waals surface area (Å²) in [4.78, 5) is 11.0. The van der Waals surface area contributed by atoms with E-state index in [1.165, 1.54) is 19.1 Å². The Morgan fingerprint density at radius 3 is 2.40 bits per heavy atom. The van der Waals surface area contributed by atoms with Crippen LogP contribution in [0.3, 0.4) is 0 Å². The summed E-state index contributed by atoms with van der Waals surface area (Å²) < 4.78 is 0. The van der Waals surface area contributed by atoms with Gasteiger partial charge in [0.25, 0.3) is 0 Å². The van der Waals surface area contributed by atoms with Gasteiger partial charge in [0, 0.05) is 0 Å². The molecule has 0 aliphatic heterocycles. The van der Waals surface area contributed by atoms with Gasteiger partial charge in [0.1, 0.15) is 5.41 Å². The van der Waals surface area contributed by atoms with Crippen molar-refractivity contribution in [1.29, 1.82) is 0 Å². The van der Waals surface area contributed by atoms with Gasteiger partial charge in [-0.05, 0) is 24.6 Å². The van der Waals surface area contributed by atoms with Crippen LogP contribution in [-0.4, -0.2) is 22.8 Å². The van der Waals surface area contributed by atoms with E-state index in [9.17, 15) is 4.79 Å². The minimum Gasteiger partial charge on any atom is -0.481 e. The zero-order valence-corrected chi connectivity index (χ0v) is 9.51. The second-order valence-electron chi connectivity index (χ2n) is 3.42. The summed E-state index contributed by atoms with van der Waals surface area (Å²) in [6, 6.07) is 4.50. The van der Waals surface area contributed by atoms with Crippen LogP contribution in [-0.2, 0) is 10.2 Å². The topological polar surface area (TPSA) is 57.5 Å². The lowest BCUT2D eigenvalue weighted by molar-refractivity contribution is -0.144. The van der Waals surface area contributed by atoms with Gasteiger partial charge in [-0.1, -0.05) is 29.3 Å². The molecule has 0 amide bonds. The summed E-state index contributed by atoms with van der Waals surface area (Å²) in [6.45, 7) is 0.926. The van der Waals surface area contributed by atoms with Gasteiger partial charge in [0.05, 0.1) is 16.7 Å². The van der Waals surface area contributed by atoms with Crippen molar-refractivity contribution >= 4 is 29.2 Å². The van der Waals surface area contributed by atoms with Gasteiger partial charge < -0.3 is 10.2 Å². The Morgan fingerprint density at radius 2 is 2.00 bits per heavy atom. The van der Waals surface area contributed by atoms with Crippen molar-refractivity contribution in [3.63, 3.8) is 0 Å². The van der Waals surface area contributed by atoms with Gasteiger partial charge in [-0.2, -0.15) is 0 Å². The molecule has 0 aliphatic rings. The summed E-state index contributed by atoms with van der Waals surface area (Å²) in [7, 11) is 0. The predicted molar refractivity (Wildman–Crippen MR) is 58.5 cm³/mol. The molecular formula is C10H10Cl2O3. The maximum atomic E-state index is 11.0. The van der Waals surface area contributed by atoms with Crippen molar-refractivity contribution in [3.8, 4) is 0 Å². The second kappa shape index (κ2) is 4.39. The minimum atomic E-state index is -1.35. The normalized spacial score (nSPS) is 14.7. The summed E-state index contributed by atoms with van der Waals surface area (Å²) >= 11 is 11.5. The van der Waals surface area contributed by atoms with E-state index in [0.717, 1.165) is 0 Å². The number of carbonyl (C=O) groups is 1. The highest BCUT2D eigenvalue weighted by Gasteiger charge is 2.34. The number of hydrogen-bond donors (Lipinski definition) is 2. The highest BCUT2D eigenvalue weighted by atomic mass is 35.5. The molecule has 0 fully saturated rings. The SMILES string of the molecule is CC(CO)(C(=O)O)c1ccc(Cl)c(Cl)c1. The van der Waals surface area contributed by atoms with Crippen LogP contribution in [0.2, 0.25) is 10.0 Å². The average Bonchev–Trinajstić information content (AvgIpc) is 2.20. The number of benzene rings is 1. The largest absolute Gasteiger partial charge is 0.481 e. The Labute approximate surface area is 97.2 Å². The molecule has 0 aliphatic carbocycles. The maximum Gasteiger partial charge on any atom is 0.316 e. The lowest BCUT2D eigenvalue weighted by Gasteiger charge is -2.22. The van der Waals surface area contributed by atoms with Crippen molar-refractivity contribution in [2.75, 3.05) is 6.61 Å². The Hall–Kier alpha value is -0.770. The number of aliphatic hydroxyl groups is 1. The Bertz CT molecular complexity index is 392. The highest BCUT2D eigenvalue weighted by molar-refractivity contribution is 6.42. The van der Waals surface area contributed by atoms with Crippen molar-refractivity contribution < 1.29 is 15.0 Å². The summed E-state index contributed by atoms with van der Waals surface area (Å²) in [5, 5.41) is 18.7. The van der Waals surface area contributed by atoms with Crippen LogP contribution in [0, 0.1) is 0 Å². The molecule has 0 saturated heterocycles. The number of carboxylic acid groups (broad SMARTS) is 1. The van der Waals surface area contributed by atoms with Crippen LogP contribution in [0.5, 0.6) is 0 Å². The van der Waals surface area contributed by atoms with Crippen molar-refractivity contribution in [2.45, 2.75) is 12.3 Å². The molecule has 1 unspecified atom stereocenters. The third-order valence-electron chi connectivity index (χ3n) is 2.34. The quantitative estimate of drug-likeness (QED) is 0.864. The third-order valence-corrected chi connectivity index (χ3v) is 3.08. The third kappa shape index (κ3) is 2.25. The van der Waals surface area contributed by atoms with Gasteiger partial charge in [-0.25, -0.2) is 0 Å². The second-order valence-corrected chi connectivity index (χ2v) is 4.24. The summed E-state index contributed by atoms with van der Waals surface area (Å²) in [6.07, 6.45) is 0. The van der Waals surface area contributed by atoms with Gasteiger partial charge in [0.2, 0.25) is 0 Å². The number of aliphatic hydroxyl groups excluding tert-OH is 1. The van der Waals surface area contributed by atoms with Crippen LogP contribution in [0.15, 0.2) is 18.2 Å². The van der Waals surface area contributed by atoms with E-state index in [2.05, 4.69) is 0 Å². The van der Waals surface area contributed by atoms with Crippen LogP contribution in [0.1, 0.15) is 12.5 Å². The predicted octanol–water partition coefficient (Wildman–Crippen LogP) is 2.33. The van der Waals surface area contributed by atoms with E-state index in [1.807, 2.05) is 0 Å². The molecule has 1 aromatic carbocycles. The number of halogens is 2. The number of rotatable bonds is 3.